The molecule has 2 aromatic rings. The third-order valence-corrected chi connectivity index (χ3v) is 2.91. The topological polar surface area (TPSA) is 50.2 Å². The van der Waals surface area contributed by atoms with Gasteiger partial charge in [-0.15, -0.1) is 0 Å². The highest BCUT2D eigenvalue weighted by atomic mass is 79.9. The van der Waals surface area contributed by atoms with E-state index >= 15 is 0 Å². The van der Waals surface area contributed by atoms with E-state index in [1.807, 2.05) is 25.1 Å². The Morgan fingerprint density at radius 1 is 1.29 bits per heavy atom. The third-order valence-electron chi connectivity index (χ3n) is 2.46. The first-order chi connectivity index (χ1) is 8.08. The molecule has 0 saturated heterocycles. The van der Waals surface area contributed by atoms with Gasteiger partial charge in [0.2, 0.25) is 0 Å². The van der Waals surface area contributed by atoms with Crippen LogP contribution >= 0.6 is 15.9 Å². The number of aromatic carboxylic acids is 1. The zero-order valence-corrected chi connectivity index (χ0v) is 10.7. The van der Waals surface area contributed by atoms with Gasteiger partial charge in [-0.25, -0.2) is 9.78 Å². The molecular weight excluding hydrogens is 282 g/mol. The SMILES string of the molecule is Cc1cc(C(=O)O)ccc1-c1cccc(Br)n1. The van der Waals surface area contributed by atoms with Crippen LogP contribution in [-0.4, -0.2) is 16.1 Å². The molecule has 1 aromatic carbocycles. The normalized spacial score (nSPS) is 10.2. The predicted octanol–water partition coefficient (Wildman–Crippen LogP) is 3.52. The fourth-order valence-electron chi connectivity index (χ4n) is 1.64. The lowest BCUT2D eigenvalue weighted by molar-refractivity contribution is 0.0697. The number of hydrogen-bond donors (Lipinski definition) is 1. The number of rotatable bonds is 2. The minimum absolute atomic E-state index is 0.293. The van der Waals surface area contributed by atoms with E-state index in [0.717, 1.165) is 21.4 Å². The zero-order valence-electron chi connectivity index (χ0n) is 9.14. The molecule has 0 unspecified atom stereocenters. The second-order valence-corrected chi connectivity index (χ2v) is 4.49. The summed E-state index contributed by atoms with van der Waals surface area (Å²) in [6.45, 7) is 1.88. The number of aromatic nitrogens is 1. The number of carboxylic acids is 1. The monoisotopic (exact) mass is 291 g/mol. The molecule has 1 aromatic heterocycles. The van der Waals surface area contributed by atoms with Crippen LogP contribution in [0, 0.1) is 6.92 Å². The van der Waals surface area contributed by atoms with Gasteiger partial charge >= 0.3 is 5.97 Å². The number of carboxylic acid groups (broad SMARTS) is 1. The molecule has 86 valence electrons. The molecular formula is C13H10BrNO2. The number of carbonyl (C=O) groups is 1. The average molecular weight is 292 g/mol. The van der Waals surface area contributed by atoms with Gasteiger partial charge in [0.25, 0.3) is 0 Å². The fourth-order valence-corrected chi connectivity index (χ4v) is 1.99. The van der Waals surface area contributed by atoms with Crippen molar-refractivity contribution >= 4 is 21.9 Å². The van der Waals surface area contributed by atoms with E-state index < -0.39 is 5.97 Å². The van der Waals surface area contributed by atoms with E-state index in [1.165, 1.54) is 0 Å². The van der Waals surface area contributed by atoms with E-state index in [9.17, 15) is 4.79 Å². The maximum Gasteiger partial charge on any atom is 0.335 e. The predicted molar refractivity (Wildman–Crippen MR) is 69.1 cm³/mol. The molecule has 0 aliphatic carbocycles. The molecule has 17 heavy (non-hydrogen) atoms. The molecule has 0 fully saturated rings. The summed E-state index contributed by atoms with van der Waals surface area (Å²) in [6.07, 6.45) is 0. The zero-order chi connectivity index (χ0) is 12.4. The number of pyridine rings is 1. The van der Waals surface area contributed by atoms with Crippen LogP contribution in [0.2, 0.25) is 0 Å². The summed E-state index contributed by atoms with van der Waals surface area (Å²) >= 11 is 3.32. The summed E-state index contributed by atoms with van der Waals surface area (Å²) in [7, 11) is 0. The van der Waals surface area contributed by atoms with Crippen molar-refractivity contribution in [1.82, 2.24) is 4.98 Å². The lowest BCUT2D eigenvalue weighted by atomic mass is 10.0. The van der Waals surface area contributed by atoms with Crippen molar-refractivity contribution in [3.05, 3.63) is 52.1 Å². The van der Waals surface area contributed by atoms with Gasteiger partial charge < -0.3 is 5.11 Å². The Labute approximate surface area is 107 Å². The van der Waals surface area contributed by atoms with Crippen LogP contribution in [0.5, 0.6) is 0 Å². The highest BCUT2D eigenvalue weighted by Crippen LogP contribution is 2.23. The van der Waals surface area contributed by atoms with Crippen LogP contribution in [-0.2, 0) is 0 Å². The highest BCUT2D eigenvalue weighted by molar-refractivity contribution is 9.10. The van der Waals surface area contributed by atoms with Crippen molar-refractivity contribution in [2.24, 2.45) is 0 Å². The average Bonchev–Trinajstić information content (AvgIpc) is 2.28. The number of nitrogens with zero attached hydrogens (tertiary/aromatic N) is 1. The second-order valence-electron chi connectivity index (χ2n) is 3.68. The molecule has 0 atom stereocenters. The lowest BCUT2D eigenvalue weighted by Crippen LogP contribution is -1.97. The van der Waals surface area contributed by atoms with Gasteiger partial charge in [-0.3, -0.25) is 0 Å². The lowest BCUT2D eigenvalue weighted by Gasteiger charge is -2.06. The Bertz CT molecular complexity index is 581. The first-order valence-electron chi connectivity index (χ1n) is 5.05. The van der Waals surface area contributed by atoms with E-state index in [0.29, 0.717) is 5.56 Å². The minimum atomic E-state index is -0.915. The molecule has 0 radical (unpaired) electrons. The van der Waals surface area contributed by atoms with Gasteiger partial charge in [-0.05, 0) is 52.7 Å². The van der Waals surface area contributed by atoms with E-state index in [-0.39, 0.29) is 0 Å². The molecule has 0 aliphatic heterocycles. The summed E-state index contributed by atoms with van der Waals surface area (Å²) in [5.74, 6) is -0.915. The van der Waals surface area contributed by atoms with Crippen molar-refractivity contribution in [2.45, 2.75) is 6.92 Å². The van der Waals surface area contributed by atoms with Gasteiger partial charge in [0.1, 0.15) is 4.60 Å². The van der Waals surface area contributed by atoms with Gasteiger partial charge in [0.05, 0.1) is 11.3 Å². The first kappa shape index (κ1) is 11.8. The number of halogens is 1. The Hall–Kier alpha value is -1.68. The van der Waals surface area contributed by atoms with Crippen molar-refractivity contribution in [3.8, 4) is 11.3 Å². The first-order valence-corrected chi connectivity index (χ1v) is 5.84. The summed E-state index contributed by atoms with van der Waals surface area (Å²) < 4.78 is 0.761. The van der Waals surface area contributed by atoms with Crippen LogP contribution < -0.4 is 0 Å². The molecule has 0 spiro atoms. The Morgan fingerprint density at radius 2 is 2.06 bits per heavy atom. The van der Waals surface area contributed by atoms with Gasteiger partial charge in [0.15, 0.2) is 0 Å². The fraction of sp³-hybridized carbons (Fsp3) is 0.0769. The van der Waals surface area contributed by atoms with E-state index in [4.69, 9.17) is 5.11 Å². The molecule has 1 heterocycles. The summed E-state index contributed by atoms with van der Waals surface area (Å²) in [4.78, 5) is 15.2. The molecule has 0 amide bonds. The van der Waals surface area contributed by atoms with Crippen molar-refractivity contribution in [1.29, 1.82) is 0 Å². The molecule has 3 nitrogen and oxygen atoms in total. The van der Waals surface area contributed by atoms with Crippen LogP contribution in [0.1, 0.15) is 15.9 Å². The van der Waals surface area contributed by atoms with E-state index in [1.54, 1.807) is 18.2 Å². The largest absolute Gasteiger partial charge is 0.478 e. The Kier molecular flexibility index (Phi) is 3.24. The van der Waals surface area contributed by atoms with Crippen LogP contribution in [0.25, 0.3) is 11.3 Å². The summed E-state index contributed by atoms with van der Waals surface area (Å²) in [5, 5.41) is 8.89. The maximum atomic E-state index is 10.8. The van der Waals surface area contributed by atoms with Gasteiger partial charge in [0, 0.05) is 5.56 Å². The Balaban J connectivity index is 2.50. The van der Waals surface area contributed by atoms with Gasteiger partial charge in [-0.2, -0.15) is 0 Å². The van der Waals surface area contributed by atoms with Gasteiger partial charge in [-0.1, -0.05) is 12.1 Å². The molecule has 4 heteroatoms. The maximum absolute atomic E-state index is 10.8. The van der Waals surface area contributed by atoms with Crippen molar-refractivity contribution in [2.75, 3.05) is 0 Å². The van der Waals surface area contributed by atoms with E-state index in [2.05, 4.69) is 20.9 Å². The van der Waals surface area contributed by atoms with Crippen LogP contribution in [0.3, 0.4) is 0 Å². The van der Waals surface area contributed by atoms with Crippen molar-refractivity contribution < 1.29 is 9.90 Å². The number of aryl methyl sites for hydroxylation is 1. The van der Waals surface area contributed by atoms with Crippen LogP contribution in [0.15, 0.2) is 41.0 Å². The summed E-state index contributed by atoms with van der Waals surface area (Å²) in [5.41, 5.74) is 2.96. The minimum Gasteiger partial charge on any atom is -0.478 e. The number of benzene rings is 1. The molecule has 0 bridgehead atoms. The molecule has 2 rings (SSSR count). The molecule has 1 N–H and O–H groups in total. The highest BCUT2D eigenvalue weighted by Gasteiger charge is 2.08. The standard InChI is InChI=1S/C13H10BrNO2/c1-8-7-9(13(16)17)5-6-10(8)11-3-2-4-12(14)15-11/h2-7H,1H3,(H,16,17). The molecule has 0 aliphatic rings. The molecule has 0 saturated carbocycles. The second kappa shape index (κ2) is 4.67. The Morgan fingerprint density at radius 3 is 2.65 bits per heavy atom. The van der Waals surface area contributed by atoms with Crippen LogP contribution in [0.4, 0.5) is 0 Å². The smallest absolute Gasteiger partial charge is 0.335 e. The summed E-state index contributed by atoms with van der Waals surface area (Å²) in [6, 6.07) is 10.7. The third kappa shape index (κ3) is 2.53. The number of hydrogen-bond acceptors (Lipinski definition) is 2. The quantitative estimate of drug-likeness (QED) is 0.862. The van der Waals surface area contributed by atoms with Crippen molar-refractivity contribution in [3.63, 3.8) is 0 Å².